The van der Waals surface area contributed by atoms with E-state index in [1.807, 2.05) is 23.7 Å². The molecular weight excluding hydrogens is 212 g/mol. The number of hydrogen-bond acceptors (Lipinski definition) is 2. The topological polar surface area (TPSA) is 34.9 Å². The van der Waals surface area contributed by atoms with Crippen LogP contribution >= 0.6 is 0 Å². The van der Waals surface area contributed by atoms with Crippen LogP contribution in [0.15, 0.2) is 30.6 Å². The normalized spacial score (nSPS) is 10.8. The van der Waals surface area contributed by atoms with E-state index in [0.29, 0.717) is 11.6 Å². The van der Waals surface area contributed by atoms with Crippen LogP contribution in [0.1, 0.15) is 35.8 Å². The number of carbonyl (C=O) groups is 1. The largest absolute Gasteiger partial charge is 0.333 e. The van der Waals surface area contributed by atoms with Gasteiger partial charge >= 0.3 is 0 Å². The third-order valence-electron chi connectivity index (χ3n) is 2.93. The number of hydrogen-bond donors (Lipinski definition) is 0. The first-order valence-electron chi connectivity index (χ1n) is 5.70. The Kier molecular flexibility index (Phi) is 3.09. The fourth-order valence-corrected chi connectivity index (χ4v) is 1.91. The zero-order chi connectivity index (χ0) is 12.4. The molecule has 0 spiro atoms. The minimum Gasteiger partial charge on any atom is -0.333 e. The van der Waals surface area contributed by atoms with E-state index >= 15 is 0 Å². The molecule has 1 aromatic heterocycles. The summed E-state index contributed by atoms with van der Waals surface area (Å²) < 4.78 is 1.87. The van der Waals surface area contributed by atoms with Crippen molar-refractivity contribution in [3.63, 3.8) is 0 Å². The monoisotopic (exact) mass is 228 g/mol. The van der Waals surface area contributed by atoms with Crippen molar-refractivity contribution in [2.75, 3.05) is 0 Å². The minimum atomic E-state index is 0.491. The molecule has 0 radical (unpaired) electrons. The lowest BCUT2D eigenvalue weighted by Crippen LogP contribution is -1.94. The van der Waals surface area contributed by atoms with E-state index in [9.17, 15) is 4.79 Å². The number of aromatic nitrogens is 2. The Morgan fingerprint density at radius 1 is 1.24 bits per heavy atom. The zero-order valence-electron chi connectivity index (χ0n) is 10.3. The molecule has 0 fully saturated rings. The van der Waals surface area contributed by atoms with Crippen LogP contribution < -0.4 is 0 Å². The molecule has 0 aliphatic carbocycles. The molecule has 0 atom stereocenters. The van der Waals surface area contributed by atoms with Gasteiger partial charge in [-0.3, -0.25) is 4.79 Å². The highest BCUT2D eigenvalue weighted by molar-refractivity contribution is 5.83. The SMILES string of the molecule is CC(C)c1ccc(-c2c(C=O)ncn2C)cc1. The van der Waals surface area contributed by atoms with E-state index in [1.165, 1.54) is 5.56 Å². The van der Waals surface area contributed by atoms with Crippen molar-refractivity contribution < 1.29 is 4.79 Å². The molecule has 3 heteroatoms. The lowest BCUT2D eigenvalue weighted by molar-refractivity contribution is 0.112. The third kappa shape index (κ3) is 2.13. The van der Waals surface area contributed by atoms with Crippen molar-refractivity contribution in [1.82, 2.24) is 9.55 Å². The van der Waals surface area contributed by atoms with Crippen LogP contribution in [0.3, 0.4) is 0 Å². The first-order chi connectivity index (χ1) is 8.13. The van der Waals surface area contributed by atoms with Crippen LogP contribution in [0.25, 0.3) is 11.3 Å². The van der Waals surface area contributed by atoms with E-state index in [0.717, 1.165) is 17.5 Å². The van der Waals surface area contributed by atoms with E-state index in [4.69, 9.17) is 0 Å². The van der Waals surface area contributed by atoms with Gasteiger partial charge in [-0.15, -0.1) is 0 Å². The predicted molar refractivity (Wildman–Crippen MR) is 68.1 cm³/mol. The van der Waals surface area contributed by atoms with Crippen LogP contribution in [0.4, 0.5) is 0 Å². The van der Waals surface area contributed by atoms with Crippen molar-refractivity contribution in [1.29, 1.82) is 0 Å². The van der Waals surface area contributed by atoms with E-state index in [-0.39, 0.29) is 0 Å². The molecule has 0 N–H and O–H groups in total. The van der Waals surface area contributed by atoms with Crippen molar-refractivity contribution in [3.05, 3.63) is 41.9 Å². The Hall–Kier alpha value is -1.90. The maximum atomic E-state index is 10.9. The first-order valence-corrected chi connectivity index (χ1v) is 5.70. The van der Waals surface area contributed by atoms with Gasteiger partial charge in [-0.1, -0.05) is 38.1 Å². The number of rotatable bonds is 3. The van der Waals surface area contributed by atoms with Crippen molar-refractivity contribution >= 4 is 6.29 Å². The summed E-state index contributed by atoms with van der Waals surface area (Å²) in [6.07, 6.45) is 2.46. The quantitative estimate of drug-likeness (QED) is 0.757. The molecule has 0 saturated heterocycles. The average molecular weight is 228 g/mol. The van der Waals surface area contributed by atoms with Crippen LogP contribution in [-0.2, 0) is 7.05 Å². The summed E-state index contributed by atoms with van der Waals surface area (Å²) in [6, 6.07) is 8.28. The summed E-state index contributed by atoms with van der Waals surface area (Å²) >= 11 is 0. The molecule has 1 aromatic carbocycles. The number of aryl methyl sites for hydroxylation is 1. The predicted octanol–water partition coefficient (Wildman–Crippen LogP) is 3.02. The molecule has 3 nitrogen and oxygen atoms in total. The average Bonchev–Trinajstić information content (AvgIpc) is 2.70. The number of nitrogens with zero attached hydrogens (tertiary/aromatic N) is 2. The third-order valence-corrected chi connectivity index (χ3v) is 2.93. The number of benzene rings is 1. The van der Waals surface area contributed by atoms with Gasteiger partial charge in [0.05, 0.1) is 12.0 Å². The second-order valence-corrected chi connectivity index (χ2v) is 4.48. The summed E-state index contributed by atoms with van der Waals surface area (Å²) in [4.78, 5) is 15.0. The molecule has 17 heavy (non-hydrogen) atoms. The summed E-state index contributed by atoms with van der Waals surface area (Å²) in [5.74, 6) is 0.515. The number of aldehydes is 1. The van der Waals surface area contributed by atoms with E-state index in [1.54, 1.807) is 6.33 Å². The van der Waals surface area contributed by atoms with Gasteiger partial charge in [0, 0.05) is 12.6 Å². The Labute approximate surface area is 101 Å². The molecule has 2 rings (SSSR count). The lowest BCUT2D eigenvalue weighted by Gasteiger charge is -2.08. The van der Waals surface area contributed by atoms with Gasteiger partial charge in [-0.05, 0) is 11.5 Å². The second-order valence-electron chi connectivity index (χ2n) is 4.48. The van der Waals surface area contributed by atoms with Gasteiger partial charge in [0.25, 0.3) is 0 Å². The molecule has 0 bridgehead atoms. The highest BCUT2D eigenvalue weighted by Crippen LogP contribution is 2.24. The summed E-state index contributed by atoms with van der Waals surface area (Å²) in [7, 11) is 1.89. The van der Waals surface area contributed by atoms with Crippen molar-refractivity contribution in [2.45, 2.75) is 19.8 Å². The maximum Gasteiger partial charge on any atom is 0.170 e. The van der Waals surface area contributed by atoms with Gasteiger partial charge in [-0.25, -0.2) is 4.98 Å². The van der Waals surface area contributed by atoms with Crippen LogP contribution in [0, 0.1) is 0 Å². The fraction of sp³-hybridized carbons (Fsp3) is 0.286. The van der Waals surface area contributed by atoms with Crippen LogP contribution in [0.2, 0.25) is 0 Å². The van der Waals surface area contributed by atoms with Gasteiger partial charge < -0.3 is 4.57 Å². The molecule has 0 saturated carbocycles. The molecule has 88 valence electrons. The first kappa shape index (κ1) is 11.6. The van der Waals surface area contributed by atoms with Gasteiger partial charge in [0.2, 0.25) is 0 Å². The van der Waals surface area contributed by atoms with Gasteiger partial charge in [0.1, 0.15) is 5.69 Å². The van der Waals surface area contributed by atoms with Crippen LogP contribution in [0.5, 0.6) is 0 Å². The Bertz CT molecular complexity index is 524. The maximum absolute atomic E-state index is 10.9. The molecule has 1 heterocycles. The Morgan fingerprint density at radius 2 is 1.88 bits per heavy atom. The van der Waals surface area contributed by atoms with Gasteiger partial charge in [0.15, 0.2) is 6.29 Å². The van der Waals surface area contributed by atoms with Gasteiger partial charge in [-0.2, -0.15) is 0 Å². The Balaban J connectivity index is 2.46. The van der Waals surface area contributed by atoms with Crippen LogP contribution in [-0.4, -0.2) is 15.8 Å². The van der Waals surface area contributed by atoms with Crippen molar-refractivity contribution in [2.24, 2.45) is 7.05 Å². The standard InChI is InChI=1S/C14H16N2O/c1-10(2)11-4-6-12(7-5-11)14-13(8-17)15-9-16(14)3/h4-10H,1-3H3. The molecule has 0 aliphatic rings. The van der Waals surface area contributed by atoms with Crippen molar-refractivity contribution in [3.8, 4) is 11.3 Å². The Morgan fingerprint density at radius 3 is 2.41 bits per heavy atom. The highest BCUT2D eigenvalue weighted by atomic mass is 16.1. The summed E-state index contributed by atoms with van der Waals surface area (Å²) in [5.41, 5.74) is 3.68. The molecule has 0 unspecified atom stereocenters. The van der Waals surface area contributed by atoms with E-state index in [2.05, 4.69) is 31.0 Å². The molecule has 0 aliphatic heterocycles. The second kappa shape index (κ2) is 4.53. The molecular formula is C14H16N2O. The molecule has 2 aromatic rings. The number of carbonyl (C=O) groups excluding carboxylic acids is 1. The summed E-state index contributed by atoms with van der Waals surface area (Å²) in [6.45, 7) is 4.33. The molecule has 0 amide bonds. The summed E-state index contributed by atoms with van der Waals surface area (Å²) in [5, 5.41) is 0. The minimum absolute atomic E-state index is 0.491. The number of imidazole rings is 1. The highest BCUT2D eigenvalue weighted by Gasteiger charge is 2.10. The van der Waals surface area contributed by atoms with E-state index < -0.39 is 0 Å². The fourth-order valence-electron chi connectivity index (χ4n) is 1.91. The smallest absolute Gasteiger partial charge is 0.170 e. The zero-order valence-corrected chi connectivity index (χ0v) is 10.3. The lowest BCUT2D eigenvalue weighted by atomic mass is 10.0.